The number of phenolic OH excluding ortho intramolecular Hbond substituents is 2. The Hall–Kier alpha value is -2.84. The molecule has 8 heteroatoms. The maximum Gasteiger partial charge on any atom is 0.340 e. The summed E-state index contributed by atoms with van der Waals surface area (Å²) in [5.74, 6) is -1.44. The maximum absolute atomic E-state index is 13.4. The molecule has 0 saturated heterocycles. The SMILES string of the molecule is CCc1cc(C2(c3cc(CC)c(O)c(Br)c3CC)OC(=O)c3ccc(C(=O)O)cc32)c(CC)c(Br)c1O. The van der Waals surface area contributed by atoms with E-state index < -0.39 is 17.5 Å². The van der Waals surface area contributed by atoms with E-state index in [4.69, 9.17) is 4.74 Å². The van der Waals surface area contributed by atoms with Gasteiger partial charge in [-0.05, 0) is 110 Å². The van der Waals surface area contributed by atoms with Crippen molar-refractivity contribution in [1.29, 1.82) is 0 Å². The number of rotatable bonds is 7. The Morgan fingerprint density at radius 3 is 1.70 bits per heavy atom. The van der Waals surface area contributed by atoms with Crippen LogP contribution in [0.3, 0.4) is 0 Å². The van der Waals surface area contributed by atoms with Crippen molar-refractivity contribution in [3.8, 4) is 11.5 Å². The summed E-state index contributed by atoms with van der Waals surface area (Å²) in [5, 5.41) is 31.6. The highest BCUT2D eigenvalue weighted by molar-refractivity contribution is 9.11. The molecule has 0 unspecified atom stereocenters. The number of carboxylic acids is 1. The molecule has 0 aromatic heterocycles. The maximum atomic E-state index is 13.4. The van der Waals surface area contributed by atoms with Crippen LogP contribution in [0, 0.1) is 0 Å². The molecular weight excluding hydrogens is 604 g/mol. The number of fused-ring (bicyclic) bond motifs is 1. The number of hydrogen-bond acceptors (Lipinski definition) is 5. The van der Waals surface area contributed by atoms with Crippen LogP contribution in [0.1, 0.15) is 87.4 Å². The summed E-state index contributed by atoms with van der Waals surface area (Å²) in [7, 11) is 0. The number of halogens is 2. The molecule has 194 valence electrons. The molecular formula is C29H28Br2O6. The highest BCUT2D eigenvalue weighted by atomic mass is 79.9. The van der Waals surface area contributed by atoms with E-state index >= 15 is 0 Å². The van der Waals surface area contributed by atoms with Gasteiger partial charge in [0.1, 0.15) is 11.5 Å². The van der Waals surface area contributed by atoms with Gasteiger partial charge in [-0.3, -0.25) is 0 Å². The number of hydrogen-bond donors (Lipinski definition) is 3. The summed E-state index contributed by atoms with van der Waals surface area (Å²) in [6.45, 7) is 7.73. The van der Waals surface area contributed by atoms with Crippen molar-refractivity contribution in [2.45, 2.75) is 59.0 Å². The van der Waals surface area contributed by atoms with E-state index in [0.29, 0.717) is 62.4 Å². The number of aryl methyl sites for hydroxylation is 2. The molecule has 0 aliphatic carbocycles. The zero-order valence-corrected chi connectivity index (χ0v) is 24.2. The van der Waals surface area contributed by atoms with Gasteiger partial charge >= 0.3 is 11.9 Å². The van der Waals surface area contributed by atoms with E-state index in [1.807, 2.05) is 39.8 Å². The Kier molecular flexibility index (Phi) is 7.45. The summed E-state index contributed by atoms with van der Waals surface area (Å²) in [6.07, 6.45) is 2.05. The molecule has 0 spiro atoms. The van der Waals surface area contributed by atoms with Gasteiger partial charge in [-0.1, -0.05) is 27.7 Å². The standard InChI is InChI=1S/C29H28Br2O6/c1-5-14-11-20(17(7-3)23(30)25(14)32)29(21-12-15(6-2)26(33)24(31)18(21)8-4)22-13-16(27(34)35)9-10-19(22)28(36)37-29/h9-13,32-33H,5-8H2,1-4H3,(H,34,35). The molecule has 6 nitrogen and oxygen atoms in total. The van der Waals surface area contributed by atoms with Crippen molar-refractivity contribution in [2.75, 3.05) is 0 Å². The fourth-order valence-electron chi connectivity index (χ4n) is 5.26. The van der Waals surface area contributed by atoms with Crippen LogP contribution in [0.25, 0.3) is 0 Å². The predicted octanol–water partition coefficient (Wildman–Crippen LogP) is 7.03. The van der Waals surface area contributed by atoms with Gasteiger partial charge in [-0.15, -0.1) is 0 Å². The topological polar surface area (TPSA) is 104 Å². The number of aromatic hydroxyl groups is 2. The number of carbonyl (C=O) groups is 2. The largest absolute Gasteiger partial charge is 0.506 e. The number of benzene rings is 3. The molecule has 0 fully saturated rings. The van der Waals surface area contributed by atoms with Crippen LogP contribution in [0.4, 0.5) is 0 Å². The molecule has 4 rings (SSSR count). The molecule has 0 amide bonds. The second-order valence-corrected chi connectivity index (χ2v) is 10.6. The third-order valence-electron chi connectivity index (χ3n) is 7.18. The van der Waals surface area contributed by atoms with E-state index in [1.165, 1.54) is 18.2 Å². The van der Waals surface area contributed by atoms with Gasteiger partial charge in [0, 0.05) is 16.7 Å². The summed E-state index contributed by atoms with van der Waals surface area (Å²) in [4.78, 5) is 25.4. The molecule has 1 aliphatic rings. The van der Waals surface area contributed by atoms with Crippen LogP contribution >= 0.6 is 31.9 Å². The minimum absolute atomic E-state index is 0.0274. The van der Waals surface area contributed by atoms with Gasteiger partial charge in [0.2, 0.25) is 0 Å². The summed E-state index contributed by atoms with van der Waals surface area (Å²) in [5.41, 5.74) is 3.28. The summed E-state index contributed by atoms with van der Waals surface area (Å²) in [6, 6.07) is 8.09. The van der Waals surface area contributed by atoms with Crippen LogP contribution in [-0.4, -0.2) is 27.3 Å². The van der Waals surface area contributed by atoms with E-state index in [0.717, 1.165) is 11.1 Å². The molecule has 0 atom stereocenters. The second-order valence-electron chi connectivity index (χ2n) is 9.00. The average molecular weight is 632 g/mol. The molecule has 0 bridgehead atoms. The number of esters is 1. The Balaban J connectivity index is 2.29. The molecule has 37 heavy (non-hydrogen) atoms. The number of carboxylic acid groups (broad SMARTS) is 1. The average Bonchev–Trinajstić information content (AvgIpc) is 3.19. The second kappa shape index (κ2) is 10.1. The molecule has 3 aromatic rings. The highest BCUT2D eigenvalue weighted by Gasteiger charge is 2.52. The van der Waals surface area contributed by atoms with Crippen LogP contribution < -0.4 is 0 Å². The van der Waals surface area contributed by atoms with Gasteiger partial charge < -0.3 is 20.1 Å². The van der Waals surface area contributed by atoms with Crippen LogP contribution in [-0.2, 0) is 36.0 Å². The Bertz CT molecular complexity index is 1380. The smallest absolute Gasteiger partial charge is 0.340 e. The third-order valence-corrected chi connectivity index (χ3v) is 8.89. The van der Waals surface area contributed by atoms with Crippen LogP contribution in [0.15, 0.2) is 39.3 Å². The number of carbonyl (C=O) groups excluding carboxylic acids is 1. The lowest BCUT2D eigenvalue weighted by Gasteiger charge is -2.35. The summed E-state index contributed by atoms with van der Waals surface area (Å²) >= 11 is 7.15. The first-order valence-corrected chi connectivity index (χ1v) is 13.8. The van der Waals surface area contributed by atoms with E-state index in [1.54, 1.807) is 0 Å². The molecule has 3 N–H and O–H groups in total. The first-order valence-electron chi connectivity index (χ1n) is 12.3. The van der Waals surface area contributed by atoms with Gasteiger partial charge in [-0.25, -0.2) is 9.59 Å². The molecule has 0 radical (unpaired) electrons. The van der Waals surface area contributed by atoms with Crippen LogP contribution in [0.5, 0.6) is 11.5 Å². The van der Waals surface area contributed by atoms with Gasteiger partial charge in [0.05, 0.1) is 20.1 Å². The lowest BCUT2D eigenvalue weighted by atomic mass is 9.74. The van der Waals surface area contributed by atoms with Crippen molar-refractivity contribution in [1.82, 2.24) is 0 Å². The number of cyclic esters (lactones) is 1. The first kappa shape index (κ1) is 27.2. The monoisotopic (exact) mass is 630 g/mol. The van der Waals surface area contributed by atoms with E-state index in [9.17, 15) is 24.9 Å². The first-order chi connectivity index (χ1) is 17.6. The van der Waals surface area contributed by atoms with Crippen molar-refractivity contribution < 1.29 is 29.6 Å². The van der Waals surface area contributed by atoms with Gasteiger partial charge in [0.15, 0.2) is 5.60 Å². The molecule has 3 aromatic carbocycles. The normalized spacial score (nSPS) is 13.9. The van der Waals surface area contributed by atoms with Crippen molar-refractivity contribution >= 4 is 43.8 Å². The molecule has 1 heterocycles. The Labute approximate surface area is 232 Å². The fourth-order valence-corrected chi connectivity index (χ4v) is 6.76. The minimum Gasteiger partial charge on any atom is -0.506 e. The number of ether oxygens (including phenoxy) is 1. The van der Waals surface area contributed by atoms with Crippen molar-refractivity contribution in [3.63, 3.8) is 0 Å². The Morgan fingerprint density at radius 1 is 0.811 bits per heavy atom. The zero-order chi connectivity index (χ0) is 27.2. The van der Waals surface area contributed by atoms with Crippen molar-refractivity contribution in [2.24, 2.45) is 0 Å². The fraction of sp³-hybridized carbons (Fsp3) is 0.310. The minimum atomic E-state index is -1.51. The van der Waals surface area contributed by atoms with E-state index in [-0.39, 0.29) is 22.6 Å². The lowest BCUT2D eigenvalue weighted by molar-refractivity contribution is 0.0246. The quantitative estimate of drug-likeness (QED) is 0.242. The zero-order valence-electron chi connectivity index (χ0n) is 21.0. The predicted molar refractivity (Wildman–Crippen MR) is 148 cm³/mol. The molecule has 1 aliphatic heterocycles. The number of phenols is 2. The number of aromatic carboxylic acids is 1. The van der Waals surface area contributed by atoms with Gasteiger partial charge in [0.25, 0.3) is 0 Å². The van der Waals surface area contributed by atoms with E-state index in [2.05, 4.69) is 31.9 Å². The van der Waals surface area contributed by atoms with Crippen LogP contribution in [0.2, 0.25) is 0 Å². The summed E-state index contributed by atoms with van der Waals surface area (Å²) < 4.78 is 7.38. The third kappa shape index (κ3) is 4.05. The Morgan fingerprint density at radius 2 is 1.30 bits per heavy atom. The van der Waals surface area contributed by atoms with Crippen molar-refractivity contribution in [3.05, 3.63) is 89.3 Å². The van der Waals surface area contributed by atoms with Gasteiger partial charge in [-0.2, -0.15) is 0 Å². The molecule has 0 saturated carbocycles. The lowest BCUT2D eigenvalue weighted by Crippen LogP contribution is -2.33. The highest BCUT2D eigenvalue weighted by Crippen LogP contribution is 2.54.